The van der Waals surface area contributed by atoms with Gasteiger partial charge in [-0.15, -0.1) is 0 Å². The Morgan fingerprint density at radius 3 is 2.47 bits per heavy atom. The Hall–Kier alpha value is -1.83. The number of nitrogens with zero attached hydrogens (tertiary/aromatic N) is 1. The second-order valence-electron chi connectivity index (χ2n) is 4.35. The van der Waals surface area contributed by atoms with Crippen LogP contribution in [0.3, 0.4) is 0 Å². The van der Waals surface area contributed by atoms with Gasteiger partial charge in [0.1, 0.15) is 0 Å². The number of carbonyl (C=O) groups excluding carboxylic acids is 1. The molecule has 88 valence electrons. The van der Waals surface area contributed by atoms with Crippen molar-refractivity contribution in [3.05, 3.63) is 42.0 Å². The van der Waals surface area contributed by atoms with E-state index in [4.69, 9.17) is 0 Å². The molecule has 0 amide bonds. The third-order valence-corrected chi connectivity index (χ3v) is 2.97. The first-order valence-electron chi connectivity index (χ1n) is 5.87. The summed E-state index contributed by atoms with van der Waals surface area (Å²) in [5.74, 6) is 0.194. The summed E-state index contributed by atoms with van der Waals surface area (Å²) >= 11 is 0. The minimum atomic E-state index is 0.194. The van der Waals surface area contributed by atoms with E-state index in [0.29, 0.717) is 6.42 Å². The Balaban J connectivity index is 2.77. The molecule has 2 heteroatoms. The maximum Gasteiger partial charge on any atom is 0.164 e. The minimum Gasteiger partial charge on any atom is -0.377 e. The number of hydrogen-bond acceptors (Lipinski definition) is 2. The van der Waals surface area contributed by atoms with Gasteiger partial charge in [-0.05, 0) is 11.5 Å². The molecular formula is C15H17NO. The van der Waals surface area contributed by atoms with Crippen LogP contribution in [0, 0.1) is 0 Å². The number of fused-ring (bicyclic) bond motifs is 1. The molecule has 0 heterocycles. The molecule has 0 radical (unpaired) electrons. The van der Waals surface area contributed by atoms with Gasteiger partial charge >= 0.3 is 0 Å². The molecular weight excluding hydrogens is 210 g/mol. The molecule has 2 rings (SSSR count). The molecule has 0 fully saturated rings. The first-order valence-corrected chi connectivity index (χ1v) is 5.87. The van der Waals surface area contributed by atoms with Gasteiger partial charge in [-0.3, -0.25) is 4.79 Å². The van der Waals surface area contributed by atoms with Crippen molar-refractivity contribution in [1.29, 1.82) is 0 Å². The van der Waals surface area contributed by atoms with Gasteiger partial charge in [-0.1, -0.05) is 37.3 Å². The Kier molecular flexibility index (Phi) is 3.14. The fourth-order valence-corrected chi connectivity index (χ4v) is 2.15. The SMILES string of the molecule is CCC(=O)c1ccc2ccccc2c1N(C)C. The van der Waals surface area contributed by atoms with Crippen LogP contribution in [0.15, 0.2) is 36.4 Å². The van der Waals surface area contributed by atoms with Crippen LogP contribution in [-0.2, 0) is 0 Å². The smallest absolute Gasteiger partial charge is 0.164 e. The number of benzene rings is 2. The fraction of sp³-hybridized carbons (Fsp3) is 0.267. The average molecular weight is 227 g/mol. The van der Waals surface area contributed by atoms with Gasteiger partial charge in [0.25, 0.3) is 0 Å². The summed E-state index contributed by atoms with van der Waals surface area (Å²) < 4.78 is 0. The molecule has 0 unspecified atom stereocenters. The standard InChI is InChI=1S/C15H17NO/c1-4-14(17)13-10-9-11-7-5-6-8-12(11)15(13)16(2)3/h5-10H,4H2,1-3H3. The average Bonchev–Trinajstić information content (AvgIpc) is 2.36. The van der Waals surface area contributed by atoms with E-state index in [-0.39, 0.29) is 5.78 Å². The van der Waals surface area contributed by atoms with Crippen LogP contribution in [0.4, 0.5) is 5.69 Å². The first-order chi connectivity index (χ1) is 8.15. The summed E-state index contributed by atoms with van der Waals surface area (Å²) in [5, 5.41) is 2.31. The predicted octanol–water partition coefficient (Wildman–Crippen LogP) is 3.50. The Bertz CT molecular complexity index is 558. The number of Topliss-reactive ketones (excluding diaryl/α,β-unsaturated/α-hetero) is 1. The lowest BCUT2D eigenvalue weighted by atomic mass is 9.99. The zero-order valence-electron chi connectivity index (χ0n) is 10.5. The van der Waals surface area contributed by atoms with Crippen molar-refractivity contribution in [3.63, 3.8) is 0 Å². The van der Waals surface area contributed by atoms with Gasteiger partial charge in [-0.2, -0.15) is 0 Å². The van der Waals surface area contributed by atoms with Gasteiger partial charge in [0, 0.05) is 31.5 Å². The minimum absolute atomic E-state index is 0.194. The molecule has 0 N–H and O–H groups in total. The van der Waals surface area contributed by atoms with Crippen molar-refractivity contribution in [2.45, 2.75) is 13.3 Å². The van der Waals surface area contributed by atoms with Crippen LogP contribution in [0.2, 0.25) is 0 Å². The maximum atomic E-state index is 12.0. The highest BCUT2D eigenvalue weighted by Crippen LogP contribution is 2.30. The molecule has 17 heavy (non-hydrogen) atoms. The van der Waals surface area contributed by atoms with Gasteiger partial charge in [0.05, 0.1) is 5.69 Å². The number of hydrogen-bond donors (Lipinski definition) is 0. The highest BCUT2D eigenvalue weighted by atomic mass is 16.1. The zero-order chi connectivity index (χ0) is 12.4. The van der Waals surface area contributed by atoms with E-state index in [0.717, 1.165) is 16.6 Å². The predicted molar refractivity (Wildman–Crippen MR) is 72.9 cm³/mol. The topological polar surface area (TPSA) is 20.3 Å². The van der Waals surface area contributed by atoms with Crippen molar-refractivity contribution >= 4 is 22.2 Å². The van der Waals surface area contributed by atoms with E-state index in [1.54, 1.807) is 0 Å². The normalized spacial score (nSPS) is 10.5. The largest absolute Gasteiger partial charge is 0.377 e. The Morgan fingerprint density at radius 2 is 1.82 bits per heavy atom. The van der Waals surface area contributed by atoms with E-state index in [9.17, 15) is 4.79 Å². The zero-order valence-corrected chi connectivity index (χ0v) is 10.5. The van der Waals surface area contributed by atoms with Gasteiger partial charge in [0.2, 0.25) is 0 Å². The quantitative estimate of drug-likeness (QED) is 0.748. The van der Waals surface area contributed by atoms with Crippen molar-refractivity contribution in [2.75, 3.05) is 19.0 Å². The number of ketones is 1. The van der Waals surface area contributed by atoms with Gasteiger partial charge in [-0.25, -0.2) is 0 Å². The molecule has 0 aliphatic rings. The van der Waals surface area contributed by atoms with Crippen LogP contribution in [-0.4, -0.2) is 19.9 Å². The second kappa shape index (κ2) is 4.58. The third kappa shape index (κ3) is 2.03. The molecule has 2 aromatic carbocycles. The summed E-state index contributed by atoms with van der Waals surface area (Å²) in [6.45, 7) is 1.90. The number of anilines is 1. The number of carbonyl (C=O) groups is 1. The number of rotatable bonds is 3. The fourth-order valence-electron chi connectivity index (χ4n) is 2.15. The van der Waals surface area contributed by atoms with E-state index in [1.165, 1.54) is 5.39 Å². The van der Waals surface area contributed by atoms with Crippen molar-refractivity contribution in [1.82, 2.24) is 0 Å². The van der Waals surface area contributed by atoms with E-state index < -0.39 is 0 Å². The lowest BCUT2D eigenvalue weighted by molar-refractivity contribution is 0.0989. The van der Waals surface area contributed by atoms with Crippen molar-refractivity contribution in [2.24, 2.45) is 0 Å². The Morgan fingerprint density at radius 1 is 1.12 bits per heavy atom. The van der Waals surface area contributed by atoms with Crippen LogP contribution in [0.5, 0.6) is 0 Å². The van der Waals surface area contributed by atoms with Crippen LogP contribution >= 0.6 is 0 Å². The van der Waals surface area contributed by atoms with Crippen LogP contribution < -0.4 is 4.90 Å². The molecule has 0 aromatic heterocycles. The summed E-state index contributed by atoms with van der Waals surface area (Å²) in [5.41, 5.74) is 1.84. The molecule has 0 aliphatic heterocycles. The maximum absolute atomic E-state index is 12.0. The molecule has 0 saturated heterocycles. The summed E-state index contributed by atoms with van der Waals surface area (Å²) in [6, 6.07) is 12.1. The molecule has 0 saturated carbocycles. The van der Waals surface area contributed by atoms with Gasteiger partial charge < -0.3 is 4.90 Å². The lowest BCUT2D eigenvalue weighted by Gasteiger charge is -2.19. The van der Waals surface area contributed by atoms with Crippen molar-refractivity contribution in [3.8, 4) is 0 Å². The summed E-state index contributed by atoms with van der Waals surface area (Å²) in [7, 11) is 3.96. The van der Waals surface area contributed by atoms with E-state index in [2.05, 4.69) is 12.1 Å². The molecule has 2 aromatic rings. The van der Waals surface area contributed by atoms with Crippen LogP contribution in [0.25, 0.3) is 10.8 Å². The summed E-state index contributed by atoms with van der Waals surface area (Å²) in [4.78, 5) is 14.0. The van der Waals surface area contributed by atoms with Crippen LogP contribution in [0.1, 0.15) is 23.7 Å². The monoisotopic (exact) mass is 227 g/mol. The van der Waals surface area contributed by atoms with E-state index in [1.807, 2.05) is 50.2 Å². The highest BCUT2D eigenvalue weighted by molar-refractivity contribution is 6.09. The first kappa shape index (κ1) is 11.6. The highest BCUT2D eigenvalue weighted by Gasteiger charge is 2.14. The Labute approximate surface area is 102 Å². The second-order valence-corrected chi connectivity index (χ2v) is 4.35. The summed E-state index contributed by atoms with van der Waals surface area (Å²) in [6.07, 6.45) is 0.541. The lowest BCUT2D eigenvalue weighted by Crippen LogP contribution is -2.14. The van der Waals surface area contributed by atoms with E-state index >= 15 is 0 Å². The molecule has 0 spiro atoms. The molecule has 0 atom stereocenters. The molecule has 0 bridgehead atoms. The molecule has 2 nitrogen and oxygen atoms in total. The third-order valence-electron chi connectivity index (χ3n) is 2.97. The molecule has 0 aliphatic carbocycles. The van der Waals surface area contributed by atoms with Gasteiger partial charge in [0.15, 0.2) is 5.78 Å². The van der Waals surface area contributed by atoms with Crippen molar-refractivity contribution < 1.29 is 4.79 Å².